The summed E-state index contributed by atoms with van der Waals surface area (Å²) >= 11 is 0.993. The second-order valence-corrected chi connectivity index (χ2v) is 3.53. The molecule has 0 spiro atoms. The normalized spacial score (nSPS) is 9.33. The van der Waals surface area contributed by atoms with Gasteiger partial charge in [0.15, 0.2) is 0 Å². The molecule has 0 aliphatic carbocycles. The molecule has 0 aliphatic rings. The molecule has 1 heterocycles. The lowest BCUT2D eigenvalue weighted by Gasteiger charge is -1.82. The average molecular weight is 276 g/mol. The zero-order valence-electron chi connectivity index (χ0n) is 8.66. The molecular formula is C6H8N6O5S. The van der Waals surface area contributed by atoms with Crippen LogP contribution in [0.1, 0.15) is 4.88 Å². The predicted octanol–water partition coefficient (Wildman–Crippen LogP) is -0.0841. The molecular weight excluding hydrogens is 268 g/mol. The maximum atomic E-state index is 10.3. The van der Waals surface area contributed by atoms with Gasteiger partial charge in [-0.2, -0.15) is 5.10 Å². The first-order valence-corrected chi connectivity index (χ1v) is 4.84. The molecule has 0 saturated heterocycles. The van der Waals surface area contributed by atoms with Crippen molar-refractivity contribution in [3.63, 3.8) is 0 Å². The van der Waals surface area contributed by atoms with Crippen LogP contribution in [0, 0.1) is 20.2 Å². The Kier molecular flexibility index (Phi) is 6.35. The molecule has 0 aromatic carbocycles. The highest BCUT2D eigenvalue weighted by Gasteiger charge is 2.07. The number of nitrogens with two attached hydrogens (primary N) is 2. The molecule has 0 fully saturated rings. The third-order valence-corrected chi connectivity index (χ3v) is 2.12. The van der Waals surface area contributed by atoms with E-state index in [-0.39, 0.29) is 11.0 Å². The van der Waals surface area contributed by atoms with Crippen LogP contribution in [0.15, 0.2) is 22.3 Å². The van der Waals surface area contributed by atoms with Gasteiger partial charge in [0.05, 0.1) is 16.0 Å². The summed E-state index contributed by atoms with van der Waals surface area (Å²) in [7, 11) is 0. The number of hydrogen-bond donors (Lipinski definition) is 3. The predicted molar refractivity (Wildman–Crippen MR) is 63.2 cm³/mol. The number of thiophene rings is 1. The van der Waals surface area contributed by atoms with Crippen LogP contribution >= 0.6 is 11.3 Å². The number of hydrogen-bond acceptors (Lipinski definition) is 7. The van der Waals surface area contributed by atoms with E-state index < -0.39 is 10.0 Å². The highest BCUT2D eigenvalue weighted by atomic mass is 32.1. The minimum absolute atomic E-state index is 0.0520. The molecule has 0 saturated carbocycles. The zero-order valence-corrected chi connectivity index (χ0v) is 9.48. The SMILES string of the molecule is NC(N)=N/N=C/c1ccc([N+](=O)[O-])s1.O=[N+]([O-])O. The van der Waals surface area contributed by atoms with Gasteiger partial charge in [-0.25, -0.2) is 0 Å². The van der Waals surface area contributed by atoms with Gasteiger partial charge in [-0.3, -0.25) is 10.1 Å². The molecule has 1 aromatic rings. The van der Waals surface area contributed by atoms with Crippen molar-refractivity contribution in [1.82, 2.24) is 0 Å². The van der Waals surface area contributed by atoms with Crippen LogP contribution in [0.3, 0.4) is 0 Å². The second-order valence-electron chi connectivity index (χ2n) is 2.44. The molecule has 0 radical (unpaired) electrons. The van der Waals surface area contributed by atoms with Crippen molar-refractivity contribution in [2.75, 3.05) is 0 Å². The van der Waals surface area contributed by atoms with E-state index in [0.717, 1.165) is 11.3 Å². The van der Waals surface area contributed by atoms with Crippen LogP contribution in [-0.2, 0) is 0 Å². The van der Waals surface area contributed by atoms with Crippen LogP contribution in [0.5, 0.6) is 0 Å². The van der Waals surface area contributed by atoms with Gasteiger partial charge < -0.3 is 16.7 Å². The minimum Gasteiger partial charge on any atom is -0.369 e. The number of rotatable bonds is 3. The van der Waals surface area contributed by atoms with E-state index in [1.54, 1.807) is 6.07 Å². The first-order valence-electron chi connectivity index (χ1n) is 4.02. The van der Waals surface area contributed by atoms with E-state index in [9.17, 15) is 10.1 Å². The second kappa shape index (κ2) is 7.50. The minimum atomic E-state index is -1.50. The fraction of sp³-hybridized carbons (Fsp3) is 0. The smallest absolute Gasteiger partial charge is 0.324 e. The van der Waals surface area contributed by atoms with Gasteiger partial charge in [0, 0.05) is 6.07 Å². The highest BCUT2D eigenvalue weighted by Crippen LogP contribution is 2.22. The topological polar surface area (TPSA) is 183 Å². The van der Waals surface area contributed by atoms with Gasteiger partial charge >= 0.3 is 5.00 Å². The standard InChI is InChI=1S/C6H7N5O2S.HNO3/c7-6(8)10-9-3-4-1-2-5(14-4)11(12)13;2-1(3)4/h1-3H,(H4,7,8,10);(H,2,3,4)/b9-3+;. The Hall–Kier alpha value is -2.76. The Balaban J connectivity index is 0.000000631. The van der Waals surface area contributed by atoms with Crippen molar-refractivity contribution in [2.45, 2.75) is 0 Å². The first-order chi connectivity index (χ1) is 8.32. The summed E-state index contributed by atoms with van der Waals surface area (Å²) < 4.78 is 0. The van der Waals surface area contributed by atoms with Gasteiger partial charge in [-0.05, 0) is 6.07 Å². The summed E-state index contributed by atoms with van der Waals surface area (Å²) in [5.41, 5.74) is 10.0. The first kappa shape index (κ1) is 15.2. The van der Waals surface area contributed by atoms with E-state index in [4.69, 9.17) is 26.8 Å². The van der Waals surface area contributed by atoms with Crippen LogP contribution in [0.2, 0.25) is 0 Å². The molecule has 0 aliphatic heterocycles. The van der Waals surface area contributed by atoms with Gasteiger partial charge in [-0.15, -0.1) is 15.2 Å². The van der Waals surface area contributed by atoms with E-state index >= 15 is 0 Å². The number of nitro groups is 1. The molecule has 98 valence electrons. The maximum Gasteiger partial charge on any atom is 0.324 e. The van der Waals surface area contributed by atoms with Crippen molar-refractivity contribution >= 4 is 28.5 Å². The van der Waals surface area contributed by atoms with Gasteiger partial charge in [0.25, 0.3) is 5.09 Å². The quantitative estimate of drug-likeness (QED) is 0.298. The van der Waals surface area contributed by atoms with E-state index in [1.165, 1.54) is 12.3 Å². The number of guanidine groups is 1. The van der Waals surface area contributed by atoms with Crippen LogP contribution < -0.4 is 11.5 Å². The Morgan fingerprint density at radius 1 is 1.39 bits per heavy atom. The Bertz CT molecular complexity index is 475. The molecule has 12 heteroatoms. The van der Waals surface area contributed by atoms with E-state index in [0.29, 0.717) is 4.88 Å². The lowest BCUT2D eigenvalue weighted by atomic mass is 10.5. The fourth-order valence-corrected chi connectivity index (χ4v) is 1.35. The molecule has 1 aromatic heterocycles. The van der Waals surface area contributed by atoms with Crippen molar-refractivity contribution in [3.8, 4) is 0 Å². The molecule has 11 nitrogen and oxygen atoms in total. The Morgan fingerprint density at radius 2 is 1.94 bits per heavy atom. The summed E-state index contributed by atoms with van der Waals surface area (Å²) in [5, 5.41) is 30.9. The third-order valence-electron chi connectivity index (χ3n) is 1.15. The van der Waals surface area contributed by atoms with Crippen LogP contribution in [0.25, 0.3) is 0 Å². The molecule has 1 rings (SSSR count). The van der Waals surface area contributed by atoms with Gasteiger partial charge in [0.2, 0.25) is 5.96 Å². The molecule has 18 heavy (non-hydrogen) atoms. The largest absolute Gasteiger partial charge is 0.369 e. The molecule has 0 unspecified atom stereocenters. The van der Waals surface area contributed by atoms with Crippen molar-refractivity contribution < 1.29 is 15.2 Å². The van der Waals surface area contributed by atoms with Crippen molar-refractivity contribution in [3.05, 3.63) is 37.2 Å². The fourth-order valence-electron chi connectivity index (χ4n) is 0.662. The summed E-state index contributed by atoms with van der Waals surface area (Å²) in [4.78, 5) is 18.8. The maximum absolute atomic E-state index is 10.3. The Labute approximate surface area is 103 Å². The number of nitrogens with zero attached hydrogens (tertiary/aromatic N) is 4. The van der Waals surface area contributed by atoms with Crippen LogP contribution in [-0.4, -0.2) is 27.4 Å². The summed E-state index contributed by atoms with van der Waals surface area (Å²) in [6.45, 7) is 0. The lowest BCUT2D eigenvalue weighted by molar-refractivity contribution is -0.742. The monoisotopic (exact) mass is 276 g/mol. The van der Waals surface area contributed by atoms with E-state index in [2.05, 4.69) is 10.2 Å². The summed E-state index contributed by atoms with van der Waals surface area (Å²) in [6.07, 6.45) is 1.34. The third kappa shape index (κ3) is 7.52. The van der Waals surface area contributed by atoms with Crippen molar-refractivity contribution in [2.24, 2.45) is 21.7 Å². The molecule has 0 bridgehead atoms. The Morgan fingerprint density at radius 3 is 2.33 bits per heavy atom. The summed E-state index contributed by atoms with van der Waals surface area (Å²) in [5.74, 6) is -0.160. The van der Waals surface area contributed by atoms with Gasteiger partial charge in [-0.1, -0.05) is 11.3 Å². The van der Waals surface area contributed by atoms with Crippen LogP contribution in [0.4, 0.5) is 5.00 Å². The average Bonchev–Trinajstić information content (AvgIpc) is 2.64. The lowest BCUT2D eigenvalue weighted by Crippen LogP contribution is -2.21. The molecule has 5 N–H and O–H groups in total. The zero-order chi connectivity index (χ0) is 14.1. The van der Waals surface area contributed by atoms with Gasteiger partial charge in [0.1, 0.15) is 0 Å². The van der Waals surface area contributed by atoms with E-state index in [1.807, 2.05) is 0 Å². The van der Waals surface area contributed by atoms with Crippen molar-refractivity contribution in [1.29, 1.82) is 0 Å². The highest BCUT2D eigenvalue weighted by molar-refractivity contribution is 7.16. The molecule has 0 atom stereocenters. The summed E-state index contributed by atoms with van der Waals surface area (Å²) in [6, 6.07) is 2.95. The molecule has 0 amide bonds.